The number of nitrogens with zero attached hydrogens (tertiary/aromatic N) is 5. The van der Waals surface area contributed by atoms with Crippen LogP contribution in [0, 0.1) is 0 Å². The van der Waals surface area contributed by atoms with E-state index in [-0.39, 0.29) is 5.91 Å². The topological polar surface area (TPSA) is 75.9 Å². The van der Waals surface area contributed by atoms with Gasteiger partial charge in [0.15, 0.2) is 0 Å². The van der Waals surface area contributed by atoms with Gasteiger partial charge < -0.3 is 14.8 Å². The highest BCUT2D eigenvalue weighted by Crippen LogP contribution is 2.20. The third-order valence-electron chi connectivity index (χ3n) is 4.17. The molecule has 0 unspecified atom stereocenters. The fourth-order valence-corrected chi connectivity index (χ4v) is 2.74. The second-order valence-electron chi connectivity index (χ2n) is 6.46. The first-order valence-corrected chi connectivity index (χ1v) is 8.96. The van der Waals surface area contributed by atoms with Gasteiger partial charge in [0.1, 0.15) is 11.6 Å². The Morgan fingerprint density at radius 2 is 2.11 bits per heavy atom. The molecule has 0 aliphatic heterocycles. The van der Waals surface area contributed by atoms with E-state index in [0.29, 0.717) is 12.1 Å². The van der Waals surface area contributed by atoms with E-state index in [1.54, 1.807) is 24.7 Å². The lowest BCUT2D eigenvalue weighted by molar-refractivity contribution is 0.0949. The molecule has 0 bridgehead atoms. The van der Waals surface area contributed by atoms with Crippen LogP contribution in [0.4, 0.5) is 5.82 Å². The van der Waals surface area contributed by atoms with Crippen LogP contribution in [-0.4, -0.2) is 39.5 Å². The van der Waals surface area contributed by atoms with Gasteiger partial charge in [0.25, 0.3) is 5.91 Å². The van der Waals surface area contributed by atoms with Crippen molar-refractivity contribution in [2.24, 2.45) is 0 Å². The molecule has 0 fully saturated rings. The maximum absolute atomic E-state index is 12.6. The summed E-state index contributed by atoms with van der Waals surface area (Å²) in [5, 5.41) is 2.94. The number of nitrogens with one attached hydrogen (secondary N) is 1. The number of benzene rings is 1. The molecule has 1 aromatic carbocycles. The summed E-state index contributed by atoms with van der Waals surface area (Å²) in [5.74, 6) is 1.48. The fraction of sp³-hybridized carbons (Fsp3) is 0.300. The number of aromatic nitrogens is 4. The Hall–Kier alpha value is -3.22. The third kappa shape index (κ3) is 4.49. The average Bonchev–Trinajstić information content (AvgIpc) is 3.14. The number of amides is 1. The summed E-state index contributed by atoms with van der Waals surface area (Å²) in [6.07, 6.45) is 8.12. The zero-order valence-corrected chi connectivity index (χ0v) is 15.9. The van der Waals surface area contributed by atoms with Gasteiger partial charge in [-0.2, -0.15) is 0 Å². The number of anilines is 1. The van der Waals surface area contributed by atoms with Gasteiger partial charge in [-0.3, -0.25) is 9.78 Å². The molecule has 0 aliphatic rings. The van der Waals surface area contributed by atoms with Gasteiger partial charge in [0.05, 0.1) is 24.6 Å². The lowest BCUT2D eigenvalue weighted by Gasteiger charge is -2.12. The van der Waals surface area contributed by atoms with Crippen LogP contribution in [-0.2, 0) is 13.1 Å². The first-order chi connectivity index (χ1) is 13.1. The Balaban J connectivity index is 1.74. The number of carbonyl (C=O) groups is 1. The molecule has 0 atom stereocenters. The van der Waals surface area contributed by atoms with Crippen LogP contribution >= 0.6 is 0 Å². The van der Waals surface area contributed by atoms with Crippen LogP contribution in [0.1, 0.15) is 29.5 Å². The Kier molecular flexibility index (Phi) is 5.80. The summed E-state index contributed by atoms with van der Waals surface area (Å²) in [6, 6.07) is 7.40. The van der Waals surface area contributed by atoms with Crippen molar-refractivity contribution in [2.75, 3.05) is 19.0 Å². The molecule has 7 heteroatoms. The number of aryl methyl sites for hydroxylation is 1. The number of rotatable bonds is 7. The van der Waals surface area contributed by atoms with Gasteiger partial charge in [-0.05, 0) is 18.6 Å². The van der Waals surface area contributed by atoms with E-state index in [0.717, 1.165) is 35.9 Å². The van der Waals surface area contributed by atoms with Gasteiger partial charge in [0, 0.05) is 44.2 Å². The largest absolute Gasteiger partial charge is 0.361 e. The predicted octanol–water partition coefficient (Wildman–Crippen LogP) is 2.75. The molecule has 1 N–H and O–H groups in total. The van der Waals surface area contributed by atoms with E-state index in [1.807, 2.05) is 43.4 Å². The van der Waals surface area contributed by atoms with E-state index in [2.05, 4.69) is 31.8 Å². The molecule has 0 saturated carbocycles. The zero-order chi connectivity index (χ0) is 19.2. The first-order valence-electron chi connectivity index (χ1n) is 8.96. The summed E-state index contributed by atoms with van der Waals surface area (Å²) < 4.78 is 2.05. The van der Waals surface area contributed by atoms with Gasteiger partial charge >= 0.3 is 0 Å². The molecule has 7 nitrogen and oxygen atoms in total. The zero-order valence-electron chi connectivity index (χ0n) is 15.9. The van der Waals surface area contributed by atoms with Gasteiger partial charge in [-0.1, -0.05) is 19.1 Å². The van der Waals surface area contributed by atoms with Crippen LogP contribution < -0.4 is 10.2 Å². The Morgan fingerprint density at radius 1 is 1.26 bits per heavy atom. The van der Waals surface area contributed by atoms with Crippen LogP contribution in [0.15, 0.2) is 49.1 Å². The minimum Gasteiger partial charge on any atom is -0.361 e. The maximum atomic E-state index is 12.6. The molecule has 0 spiro atoms. The standard InChI is InChI=1S/C20H24N6O/c1-4-9-26-10-8-22-18(26)14-23-20(27)16-7-5-6-15(11-16)17-12-21-13-19(24-17)25(2)3/h5-8,10-13H,4,9,14H2,1-3H3,(H,23,27). The minimum atomic E-state index is -0.139. The molecule has 27 heavy (non-hydrogen) atoms. The Morgan fingerprint density at radius 3 is 2.89 bits per heavy atom. The fourth-order valence-electron chi connectivity index (χ4n) is 2.74. The van der Waals surface area contributed by atoms with Gasteiger partial charge in [-0.15, -0.1) is 0 Å². The number of carbonyl (C=O) groups excluding carboxylic acids is 1. The third-order valence-corrected chi connectivity index (χ3v) is 4.17. The van der Waals surface area contributed by atoms with Crippen molar-refractivity contribution in [3.05, 3.63) is 60.4 Å². The van der Waals surface area contributed by atoms with Crippen molar-refractivity contribution in [3.8, 4) is 11.3 Å². The number of hydrogen-bond donors (Lipinski definition) is 1. The smallest absolute Gasteiger partial charge is 0.251 e. The summed E-state index contributed by atoms with van der Waals surface area (Å²) in [4.78, 5) is 27.6. The molecule has 2 heterocycles. The van der Waals surface area contributed by atoms with Crippen LogP contribution in [0.25, 0.3) is 11.3 Å². The molecule has 3 aromatic rings. The van der Waals surface area contributed by atoms with Crippen LogP contribution in [0.2, 0.25) is 0 Å². The molecule has 0 saturated heterocycles. The van der Waals surface area contributed by atoms with Crippen molar-refractivity contribution >= 4 is 11.7 Å². The molecule has 2 aromatic heterocycles. The highest BCUT2D eigenvalue weighted by Gasteiger charge is 2.10. The van der Waals surface area contributed by atoms with Crippen molar-refractivity contribution < 1.29 is 4.79 Å². The molecule has 0 radical (unpaired) electrons. The second kappa shape index (κ2) is 8.44. The minimum absolute atomic E-state index is 0.139. The van der Waals surface area contributed by atoms with Crippen LogP contribution in [0.3, 0.4) is 0 Å². The molecular formula is C20H24N6O. The average molecular weight is 364 g/mol. The molecule has 3 rings (SSSR count). The van der Waals surface area contributed by atoms with Gasteiger partial charge in [0.2, 0.25) is 0 Å². The van der Waals surface area contributed by atoms with Crippen molar-refractivity contribution in [2.45, 2.75) is 26.4 Å². The lowest BCUT2D eigenvalue weighted by atomic mass is 10.1. The predicted molar refractivity (Wildman–Crippen MR) is 105 cm³/mol. The van der Waals surface area contributed by atoms with E-state index in [1.165, 1.54) is 0 Å². The van der Waals surface area contributed by atoms with E-state index in [9.17, 15) is 4.79 Å². The number of hydrogen-bond acceptors (Lipinski definition) is 5. The van der Waals surface area contributed by atoms with E-state index in [4.69, 9.17) is 0 Å². The normalized spacial score (nSPS) is 10.6. The Bertz CT molecular complexity index is 918. The lowest BCUT2D eigenvalue weighted by Crippen LogP contribution is -2.24. The second-order valence-corrected chi connectivity index (χ2v) is 6.46. The summed E-state index contributed by atoms with van der Waals surface area (Å²) in [6.45, 7) is 3.40. The van der Waals surface area contributed by atoms with E-state index >= 15 is 0 Å². The molecular weight excluding hydrogens is 340 g/mol. The van der Waals surface area contributed by atoms with Crippen molar-refractivity contribution in [1.82, 2.24) is 24.8 Å². The maximum Gasteiger partial charge on any atom is 0.251 e. The highest BCUT2D eigenvalue weighted by atomic mass is 16.1. The van der Waals surface area contributed by atoms with Gasteiger partial charge in [-0.25, -0.2) is 9.97 Å². The molecule has 0 aliphatic carbocycles. The molecule has 140 valence electrons. The van der Waals surface area contributed by atoms with Crippen molar-refractivity contribution in [3.63, 3.8) is 0 Å². The molecule has 1 amide bonds. The van der Waals surface area contributed by atoms with E-state index < -0.39 is 0 Å². The Labute approximate surface area is 159 Å². The van der Waals surface area contributed by atoms with Crippen molar-refractivity contribution in [1.29, 1.82) is 0 Å². The summed E-state index contributed by atoms with van der Waals surface area (Å²) in [7, 11) is 3.83. The van der Waals surface area contributed by atoms with Crippen LogP contribution in [0.5, 0.6) is 0 Å². The summed E-state index contributed by atoms with van der Waals surface area (Å²) in [5.41, 5.74) is 2.17. The monoisotopic (exact) mass is 364 g/mol. The quantitative estimate of drug-likeness (QED) is 0.698. The SMILES string of the molecule is CCCn1ccnc1CNC(=O)c1cccc(-c2cncc(N(C)C)n2)c1. The first kappa shape index (κ1) is 18.6. The summed E-state index contributed by atoms with van der Waals surface area (Å²) >= 11 is 0. The number of imidazole rings is 1. The highest BCUT2D eigenvalue weighted by molar-refractivity contribution is 5.95.